The van der Waals surface area contributed by atoms with Gasteiger partial charge >= 0.3 is 166 Å². The normalized spacial score (nSPS) is 12.0. The molecule has 0 rings (SSSR count). The number of rotatable bonds is 20. The Kier molecular flexibility index (Phi) is 20.1. The molecular formula is C23H50OSn. The van der Waals surface area contributed by atoms with Crippen LogP contribution in [0.15, 0.2) is 0 Å². The third-order valence-electron chi connectivity index (χ3n) is 5.57. The van der Waals surface area contributed by atoms with E-state index in [1.807, 2.05) is 0 Å². The maximum absolute atomic E-state index is 6.75. The molecule has 1 nitrogen and oxygen atoms in total. The second kappa shape index (κ2) is 19.5. The van der Waals surface area contributed by atoms with E-state index in [0.717, 1.165) is 6.61 Å². The van der Waals surface area contributed by atoms with Crippen molar-refractivity contribution in [1.29, 1.82) is 0 Å². The summed E-state index contributed by atoms with van der Waals surface area (Å²) in [5, 5.41) is 0. The molecule has 0 fully saturated rings. The third kappa shape index (κ3) is 15.5. The van der Waals surface area contributed by atoms with Gasteiger partial charge in [0.2, 0.25) is 0 Å². The first-order chi connectivity index (χ1) is 12.2. The fraction of sp³-hybridized carbons (Fsp3) is 1.00. The minimum atomic E-state index is -2.33. The molecule has 0 atom stereocenters. The predicted molar refractivity (Wildman–Crippen MR) is 118 cm³/mol. The Morgan fingerprint density at radius 2 is 0.840 bits per heavy atom. The van der Waals surface area contributed by atoms with Gasteiger partial charge in [-0.15, -0.1) is 0 Å². The summed E-state index contributed by atoms with van der Waals surface area (Å²) in [6.45, 7) is 10.3. The summed E-state index contributed by atoms with van der Waals surface area (Å²) in [4.78, 5) is 0. The van der Waals surface area contributed by atoms with Crippen LogP contribution in [0.1, 0.15) is 124 Å². The number of unbranched alkanes of at least 4 members (excludes halogenated alkanes) is 11. The van der Waals surface area contributed by atoms with E-state index in [4.69, 9.17) is 3.07 Å². The van der Waals surface area contributed by atoms with Crippen molar-refractivity contribution in [2.75, 3.05) is 6.61 Å². The minimum absolute atomic E-state index is 1.05. The van der Waals surface area contributed by atoms with Crippen molar-refractivity contribution in [2.24, 2.45) is 0 Å². The van der Waals surface area contributed by atoms with E-state index in [1.54, 1.807) is 0 Å². The Morgan fingerprint density at radius 3 is 1.28 bits per heavy atom. The molecular weight excluding hydrogens is 411 g/mol. The van der Waals surface area contributed by atoms with Crippen LogP contribution in [0.5, 0.6) is 0 Å². The van der Waals surface area contributed by atoms with Gasteiger partial charge < -0.3 is 0 Å². The van der Waals surface area contributed by atoms with Crippen molar-refractivity contribution in [1.82, 2.24) is 0 Å². The molecule has 0 aliphatic carbocycles. The molecule has 2 heteroatoms. The van der Waals surface area contributed by atoms with Crippen LogP contribution < -0.4 is 0 Å². The first-order valence-electron chi connectivity index (χ1n) is 11.9. The van der Waals surface area contributed by atoms with Gasteiger partial charge in [0.1, 0.15) is 0 Å². The van der Waals surface area contributed by atoms with Gasteiger partial charge in [-0.25, -0.2) is 0 Å². The molecule has 0 radical (unpaired) electrons. The Balaban J connectivity index is 4.35. The summed E-state index contributed by atoms with van der Waals surface area (Å²) in [7, 11) is 0. The topological polar surface area (TPSA) is 9.23 Å². The van der Waals surface area contributed by atoms with E-state index in [1.165, 1.54) is 110 Å². The van der Waals surface area contributed by atoms with E-state index in [9.17, 15) is 0 Å². The van der Waals surface area contributed by atoms with Gasteiger partial charge in [0, 0.05) is 0 Å². The molecule has 25 heavy (non-hydrogen) atoms. The van der Waals surface area contributed by atoms with Crippen LogP contribution >= 0.6 is 0 Å². The first kappa shape index (κ1) is 25.8. The first-order valence-corrected chi connectivity index (χ1v) is 19.1. The molecule has 0 aromatic rings. The van der Waals surface area contributed by atoms with Crippen LogP contribution in [-0.2, 0) is 3.07 Å². The van der Waals surface area contributed by atoms with Crippen molar-refractivity contribution in [3.05, 3.63) is 0 Å². The molecule has 0 heterocycles. The van der Waals surface area contributed by atoms with Crippen molar-refractivity contribution < 1.29 is 3.07 Å². The monoisotopic (exact) mass is 462 g/mol. The molecule has 0 N–H and O–H groups in total. The Morgan fingerprint density at radius 1 is 0.440 bits per heavy atom. The molecule has 0 aromatic carbocycles. The van der Waals surface area contributed by atoms with Crippen molar-refractivity contribution in [3.63, 3.8) is 0 Å². The average Bonchev–Trinajstić information content (AvgIpc) is 2.63. The van der Waals surface area contributed by atoms with Gasteiger partial charge in [-0.1, -0.05) is 0 Å². The fourth-order valence-corrected chi connectivity index (χ4v) is 17.0. The molecule has 0 amide bonds. The quantitative estimate of drug-likeness (QED) is 0.130. The predicted octanol–water partition coefficient (Wildman–Crippen LogP) is 8.88. The van der Waals surface area contributed by atoms with Crippen LogP contribution in [0.2, 0.25) is 13.3 Å². The van der Waals surface area contributed by atoms with Crippen LogP contribution in [0.3, 0.4) is 0 Å². The molecule has 0 bridgehead atoms. The van der Waals surface area contributed by atoms with Gasteiger partial charge in [0.25, 0.3) is 0 Å². The van der Waals surface area contributed by atoms with Crippen LogP contribution in [0.25, 0.3) is 0 Å². The van der Waals surface area contributed by atoms with E-state index in [2.05, 4.69) is 27.7 Å². The standard InChI is InChI=1S/2C8H17.C4H9.C3H7O.Sn/c2*1-3-5-7-8-6-4-2;1-3-4-2;1-2-3-4;/h2*1,3-8H2,2H3;1,3-4H2,2H3;2-3H2,1H3;/q;;;-1;+1. The van der Waals surface area contributed by atoms with Gasteiger partial charge in [0.05, 0.1) is 0 Å². The zero-order valence-electron chi connectivity index (χ0n) is 18.3. The van der Waals surface area contributed by atoms with Gasteiger partial charge in [-0.3, -0.25) is 0 Å². The molecule has 0 aliphatic rings. The van der Waals surface area contributed by atoms with Gasteiger partial charge in [0.15, 0.2) is 0 Å². The van der Waals surface area contributed by atoms with Gasteiger partial charge in [-0.05, 0) is 0 Å². The molecule has 0 spiro atoms. The second-order valence-electron chi connectivity index (χ2n) is 8.17. The molecule has 0 aromatic heterocycles. The van der Waals surface area contributed by atoms with Crippen LogP contribution in [0, 0.1) is 0 Å². The number of hydrogen-bond donors (Lipinski definition) is 0. The van der Waals surface area contributed by atoms with E-state index in [-0.39, 0.29) is 0 Å². The SMILES string of the molecule is CCCCCCC[CH2][Sn]([CH2]CCC)([CH2]CCCCCCC)[O]CCC. The van der Waals surface area contributed by atoms with E-state index < -0.39 is 18.8 Å². The fourth-order valence-electron chi connectivity index (χ4n) is 3.86. The van der Waals surface area contributed by atoms with Crippen molar-refractivity contribution in [3.8, 4) is 0 Å². The van der Waals surface area contributed by atoms with Gasteiger partial charge in [-0.2, -0.15) is 0 Å². The van der Waals surface area contributed by atoms with Crippen LogP contribution in [-0.4, -0.2) is 25.4 Å². The Bertz CT molecular complexity index is 228. The Labute approximate surface area is 165 Å². The summed E-state index contributed by atoms with van der Waals surface area (Å²) in [5.74, 6) is 0. The van der Waals surface area contributed by atoms with Crippen molar-refractivity contribution in [2.45, 2.75) is 137 Å². The summed E-state index contributed by atoms with van der Waals surface area (Å²) < 4.78 is 11.3. The van der Waals surface area contributed by atoms with Crippen molar-refractivity contribution >= 4 is 18.8 Å². The second-order valence-corrected chi connectivity index (χ2v) is 20.0. The van der Waals surface area contributed by atoms with E-state index in [0.29, 0.717) is 0 Å². The molecule has 0 saturated heterocycles. The van der Waals surface area contributed by atoms with E-state index >= 15 is 0 Å². The summed E-state index contributed by atoms with van der Waals surface area (Å²) in [5.41, 5.74) is 0. The Hall–Kier alpha value is 0.759. The van der Waals surface area contributed by atoms with Crippen LogP contribution in [0.4, 0.5) is 0 Å². The average molecular weight is 461 g/mol. The molecule has 152 valence electrons. The zero-order chi connectivity index (χ0) is 18.6. The maximum atomic E-state index is 6.75. The molecule has 0 aliphatic heterocycles. The summed E-state index contributed by atoms with van der Waals surface area (Å²) in [6.07, 6.45) is 21.2. The summed E-state index contributed by atoms with van der Waals surface area (Å²) >= 11 is -2.33. The molecule has 0 unspecified atom stereocenters. The number of hydrogen-bond acceptors (Lipinski definition) is 1. The molecule has 0 saturated carbocycles. The zero-order valence-corrected chi connectivity index (χ0v) is 21.2. The summed E-state index contributed by atoms with van der Waals surface area (Å²) in [6, 6.07) is 0. The third-order valence-corrected chi connectivity index (χ3v) is 18.7.